The third-order valence-corrected chi connectivity index (χ3v) is 5.62. The third-order valence-electron chi connectivity index (χ3n) is 3.70. The Hall–Kier alpha value is -1.78. The second kappa shape index (κ2) is 6.99. The summed E-state index contributed by atoms with van der Waals surface area (Å²) in [4.78, 5) is 0.967. The minimum absolute atomic E-state index is 0.0412. The van der Waals surface area contributed by atoms with Crippen molar-refractivity contribution in [3.63, 3.8) is 0 Å². The molecule has 0 saturated carbocycles. The van der Waals surface area contributed by atoms with Crippen LogP contribution in [-0.2, 0) is 11.3 Å². The molecule has 1 aliphatic rings. The minimum Gasteiger partial charge on any atom is -0.419 e. The van der Waals surface area contributed by atoms with Gasteiger partial charge >= 0.3 is 0 Å². The molecule has 0 radical (unpaired) electrons. The number of ether oxygens (including phenoxy) is 1. The molecule has 4 rings (SSSR count). The Labute approximate surface area is 146 Å². The molecule has 0 unspecified atom stereocenters. The topological polar surface area (TPSA) is 91.8 Å². The molecule has 0 spiro atoms. The van der Waals surface area contributed by atoms with Crippen LogP contribution in [0.5, 0.6) is 0 Å². The van der Waals surface area contributed by atoms with Gasteiger partial charge in [-0.15, -0.1) is 26.6 Å². The van der Waals surface area contributed by atoms with E-state index >= 15 is 0 Å². The molecule has 0 aromatic carbocycles. The molecule has 1 aliphatic heterocycles. The Kier molecular flexibility index (Phi) is 4.58. The van der Waals surface area contributed by atoms with Gasteiger partial charge in [-0.05, 0) is 41.6 Å². The lowest BCUT2D eigenvalue weighted by Gasteiger charge is -2.11. The van der Waals surface area contributed by atoms with E-state index < -0.39 is 0 Å². The average molecular weight is 364 g/mol. The van der Waals surface area contributed by atoms with Gasteiger partial charge in [0, 0.05) is 6.61 Å². The normalized spacial score (nSPS) is 19.0. The maximum Gasteiger partial charge on any atom is 0.257 e. The van der Waals surface area contributed by atoms with E-state index in [1.54, 1.807) is 16.0 Å². The molecule has 126 valence electrons. The van der Waals surface area contributed by atoms with Gasteiger partial charge in [0.15, 0.2) is 0 Å². The van der Waals surface area contributed by atoms with E-state index in [0.29, 0.717) is 18.3 Å². The zero-order valence-corrected chi connectivity index (χ0v) is 14.7. The van der Waals surface area contributed by atoms with E-state index in [1.165, 1.54) is 11.8 Å². The van der Waals surface area contributed by atoms with Crippen LogP contribution in [-0.4, -0.2) is 43.1 Å². The molecule has 3 aromatic rings. The highest BCUT2D eigenvalue weighted by molar-refractivity contribution is 7.99. The van der Waals surface area contributed by atoms with Gasteiger partial charge in [-0.25, -0.2) is 4.68 Å². The maximum atomic E-state index is 5.78. The molecule has 0 bridgehead atoms. The Morgan fingerprint density at radius 1 is 1.42 bits per heavy atom. The van der Waals surface area contributed by atoms with E-state index in [9.17, 15) is 0 Å². The first-order valence-electron chi connectivity index (χ1n) is 7.71. The van der Waals surface area contributed by atoms with Crippen LogP contribution in [0.1, 0.15) is 30.9 Å². The molecule has 4 heterocycles. The molecule has 0 aliphatic carbocycles. The quantitative estimate of drug-likeness (QED) is 0.617. The van der Waals surface area contributed by atoms with E-state index in [0.717, 1.165) is 29.5 Å². The molecule has 1 fully saturated rings. The molecular weight excluding hydrogens is 348 g/mol. The van der Waals surface area contributed by atoms with E-state index in [4.69, 9.17) is 9.15 Å². The Morgan fingerprint density at radius 3 is 3.17 bits per heavy atom. The van der Waals surface area contributed by atoms with Gasteiger partial charge in [0.2, 0.25) is 11.0 Å². The Bertz CT molecular complexity index is 781. The van der Waals surface area contributed by atoms with Crippen LogP contribution >= 0.6 is 23.1 Å². The number of tetrazole rings is 1. The summed E-state index contributed by atoms with van der Waals surface area (Å²) in [6, 6.07) is 3.92. The number of hydrogen-bond acceptors (Lipinski definition) is 9. The van der Waals surface area contributed by atoms with Gasteiger partial charge < -0.3 is 9.15 Å². The van der Waals surface area contributed by atoms with E-state index in [2.05, 4.69) is 25.7 Å². The first-order valence-corrected chi connectivity index (χ1v) is 9.47. The first-order chi connectivity index (χ1) is 11.8. The summed E-state index contributed by atoms with van der Waals surface area (Å²) in [5.74, 6) is 1.11. The third kappa shape index (κ3) is 3.35. The largest absolute Gasteiger partial charge is 0.419 e. The van der Waals surface area contributed by atoms with Crippen LogP contribution in [0.2, 0.25) is 0 Å². The number of thioether (sulfide) groups is 1. The predicted molar refractivity (Wildman–Crippen MR) is 88.7 cm³/mol. The van der Waals surface area contributed by atoms with Crippen molar-refractivity contribution < 1.29 is 9.15 Å². The van der Waals surface area contributed by atoms with E-state index in [1.807, 2.05) is 24.4 Å². The van der Waals surface area contributed by atoms with Gasteiger partial charge in [0.1, 0.15) is 0 Å². The summed E-state index contributed by atoms with van der Waals surface area (Å²) in [7, 11) is 0. The smallest absolute Gasteiger partial charge is 0.257 e. The fourth-order valence-corrected chi connectivity index (χ4v) is 3.96. The first kappa shape index (κ1) is 15.7. The lowest BCUT2D eigenvalue weighted by molar-refractivity contribution is 0.0911. The summed E-state index contributed by atoms with van der Waals surface area (Å²) in [5.41, 5.74) is 0. The molecule has 2 atom stereocenters. The van der Waals surface area contributed by atoms with Crippen LogP contribution in [0, 0.1) is 0 Å². The average Bonchev–Trinajstić information content (AvgIpc) is 3.37. The van der Waals surface area contributed by atoms with Crippen molar-refractivity contribution in [2.24, 2.45) is 0 Å². The van der Waals surface area contributed by atoms with Crippen LogP contribution in [0.15, 0.2) is 27.1 Å². The van der Waals surface area contributed by atoms with Crippen molar-refractivity contribution in [3.8, 4) is 10.8 Å². The second-order valence-corrected chi connectivity index (χ2v) is 7.72. The van der Waals surface area contributed by atoms with Crippen LogP contribution < -0.4 is 0 Å². The SMILES string of the molecule is C[C@@H](Sc1nnnn1C[C@@H]1CCCO1)c1nnc(-c2cccs2)o1. The van der Waals surface area contributed by atoms with Crippen molar-refractivity contribution in [2.45, 2.75) is 42.8 Å². The fraction of sp³-hybridized carbons (Fsp3) is 0.500. The molecule has 1 saturated heterocycles. The van der Waals surface area contributed by atoms with Crippen LogP contribution in [0.25, 0.3) is 10.8 Å². The molecule has 10 heteroatoms. The fourth-order valence-electron chi connectivity index (χ4n) is 2.48. The summed E-state index contributed by atoms with van der Waals surface area (Å²) in [6.45, 7) is 3.49. The summed E-state index contributed by atoms with van der Waals surface area (Å²) in [6.07, 6.45) is 2.34. The molecule has 3 aromatic heterocycles. The molecule has 0 N–H and O–H groups in total. The molecule has 24 heavy (non-hydrogen) atoms. The number of nitrogens with zero attached hydrogens (tertiary/aromatic N) is 6. The van der Waals surface area contributed by atoms with Crippen molar-refractivity contribution in [1.29, 1.82) is 0 Å². The summed E-state index contributed by atoms with van der Waals surface area (Å²) < 4.78 is 13.2. The summed E-state index contributed by atoms with van der Waals surface area (Å²) >= 11 is 3.08. The Morgan fingerprint density at radius 2 is 2.38 bits per heavy atom. The lowest BCUT2D eigenvalue weighted by Crippen LogP contribution is -2.17. The number of aromatic nitrogens is 6. The Balaban J connectivity index is 1.44. The van der Waals surface area contributed by atoms with Crippen molar-refractivity contribution in [1.82, 2.24) is 30.4 Å². The van der Waals surface area contributed by atoms with Crippen molar-refractivity contribution in [2.75, 3.05) is 6.61 Å². The number of rotatable bonds is 6. The van der Waals surface area contributed by atoms with Crippen molar-refractivity contribution >= 4 is 23.1 Å². The standard InChI is InChI=1S/C14H16N6O2S2/c1-9(12-15-16-13(22-12)11-5-3-7-23-11)24-14-17-18-19-20(14)8-10-4-2-6-21-10/h3,5,7,9-10H,2,4,6,8H2,1H3/t9-,10+/m1/s1. The van der Waals surface area contributed by atoms with Crippen LogP contribution in [0.4, 0.5) is 0 Å². The van der Waals surface area contributed by atoms with Gasteiger partial charge in [-0.2, -0.15) is 0 Å². The molecule has 0 amide bonds. The molecule has 8 nitrogen and oxygen atoms in total. The summed E-state index contributed by atoms with van der Waals surface area (Å²) in [5, 5.41) is 22.9. The second-order valence-electron chi connectivity index (χ2n) is 5.46. The van der Waals surface area contributed by atoms with Gasteiger partial charge in [0.25, 0.3) is 5.89 Å². The van der Waals surface area contributed by atoms with E-state index in [-0.39, 0.29) is 11.4 Å². The van der Waals surface area contributed by atoms with Gasteiger partial charge in [-0.3, -0.25) is 0 Å². The highest BCUT2D eigenvalue weighted by Gasteiger charge is 2.22. The monoisotopic (exact) mass is 364 g/mol. The maximum absolute atomic E-state index is 5.78. The highest BCUT2D eigenvalue weighted by Crippen LogP contribution is 2.34. The van der Waals surface area contributed by atoms with Gasteiger partial charge in [-0.1, -0.05) is 17.8 Å². The zero-order chi connectivity index (χ0) is 16.4. The van der Waals surface area contributed by atoms with Crippen molar-refractivity contribution in [3.05, 3.63) is 23.4 Å². The highest BCUT2D eigenvalue weighted by atomic mass is 32.2. The number of hydrogen-bond donors (Lipinski definition) is 0. The van der Waals surface area contributed by atoms with Gasteiger partial charge in [0.05, 0.1) is 22.8 Å². The predicted octanol–water partition coefficient (Wildman–Crippen LogP) is 2.82. The lowest BCUT2D eigenvalue weighted by atomic mass is 10.2. The number of thiophene rings is 1. The molecular formula is C14H16N6O2S2. The minimum atomic E-state index is -0.0412. The zero-order valence-electron chi connectivity index (χ0n) is 13.0. The van der Waals surface area contributed by atoms with Crippen LogP contribution in [0.3, 0.4) is 0 Å².